The van der Waals surface area contributed by atoms with Crippen molar-refractivity contribution in [3.05, 3.63) is 105 Å². The van der Waals surface area contributed by atoms with Crippen molar-refractivity contribution in [1.82, 2.24) is 0 Å². The maximum atomic E-state index is 12.2. The van der Waals surface area contributed by atoms with Gasteiger partial charge < -0.3 is 4.74 Å². The topological polar surface area (TPSA) is 26.3 Å². The van der Waals surface area contributed by atoms with Crippen LogP contribution in [0.3, 0.4) is 0 Å². The normalized spacial score (nSPS) is 10.9. The minimum atomic E-state index is -0.0206. The van der Waals surface area contributed by atoms with Crippen LogP contribution >= 0.6 is 23.2 Å². The maximum absolute atomic E-state index is 12.2. The number of rotatable bonds is 6. The van der Waals surface area contributed by atoms with Crippen LogP contribution in [0.15, 0.2) is 72.8 Å². The van der Waals surface area contributed by atoms with Gasteiger partial charge in [0, 0.05) is 21.2 Å². The van der Waals surface area contributed by atoms with Gasteiger partial charge >= 0.3 is 0 Å². The van der Waals surface area contributed by atoms with Crippen molar-refractivity contribution < 1.29 is 9.53 Å². The van der Waals surface area contributed by atoms with Crippen molar-refractivity contribution in [2.45, 2.75) is 13.5 Å². The Bertz CT molecular complexity index is 959. The van der Waals surface area contributed by atoms with Crippen LogP contribution in [0.25, 0.3) is 6.08 Å². The predicted octanol–water partition coefficient (Wildman–Crippen LogP) is 6.78. The average molecular weight is 397 g/mol. The molecule has 0 spiro atoms. The van der Waals surface area contributed by atoms with Gasteiger partial charge in [-0.1, -0.05) is 77.3 Å². The van der Waals surface area contributed by atoms with Crippen LogP contribution < -0.4 is 4.74 Å². The van der Waals surface area contributed by atoms with E-state index in [-0.39, 0.29) is 5.78 Å². The summed E-state index contributed by atoms with van der Waals surface area (Å²) in [7, 11) is 0. The Morgan fingerprint density at radius 3 is 2.33 bits per heavy atom. The predicted molar refractivity (Wildman–Crippen MR) is 112 cm³/mol. The number of hydrogen-bond donors (Lipinski definition) is 0. The Kier molecular flexibility index (Phi) is 6.33. The van der Waals surface area contributed by atoms with Crippen LogP contribution in [-0.2, 0) is 6.61 Å². The fourth-order valence-corrected chi connectivity index (χ4v) is 2.92. The van der Waals surface area contributed by atoms with Crippen LogP contribution in [0.2, 0.25) is 10.0 Å². The maximum Gasteiger partial charge on any atom is 0.185 e. The summed E-state index contributed by atoms with van der Waals surface area (Å²) in [5.41, 5.74) is 3.60. The number of carbonyl (C=O) groups excluding carboxylic acids is 1. The third kappa shape index (κ3) is 5.46. The summed E-state index contributed by atoms with van der Waals surface area (Å²) < 4.78 is 5.76. The average Bonchev–Trinajstić information content (AvgIpc) is 2.67. The van der Waals surface area contributed by atoms with Gasteiger partial charge in [0.25, 0.3) is 0 Å². The molecule has 3 rings (SSSR count). The van der Waals surface area contributed by atoms with Gasteiger partial charge in [0.05, 0.1) is 0 Å². The van der Waals surface area contributed by atoms with Gasteiger partial charge in [-0.3, -0.25) is 4.79 Å². The van der Waals surface area contributed by atoms with Crippen molar-refractivity contribution in [1.29, 1.82) is 0 Å². The molecule has 0 aliphatic rings. The van der Waals surface area contributed by atoms with Gasteiger partial charge in [-0.05, 0) is 42.8 Å². The Labute approximate surface area is 169 Å². The smallest absolute Gasteiger partial charge is 0.185 e. The van der Waals surface area contributed by atoms with E-state index >= 15 is 0 Å². The Balaban J connectivity index is 1.59. The highest BCUT2D eigenvalue weighted by Gasteiger charge is 2.03. The first kappa shape index (κ1) is 19.2. The molecule has 2 nitrogen and oxygen atoms in total. The highest BCUT2D eigenvalue weighted by Crippen LogP contribution is 2.23. The molecule has 136 valence electrons. The minimum Gasteiger partial charge on any atom is -0.489 e. The zero-order valence-electron chi connectivity index (χ0n) is 14.8. The van der Waals surface area contributed by atoms with Crippen LogP contribution in [0.4, 0.5) is 0 Å². The molecule has 0 N–H and O–H groups in total. The van der Waals surface area contributed by atoms with Crippen LogP contribution in [0.5, 0.6) is 5.75 Å². The van der Waals surface area contributed by atoms with Crippen LogP contribution in [0.1, 0.15) is 27.0 Å². The van der Waals surface area contributed by atoms with Crippen LogP contribution in [-0.4, -0.2) is 5.78 Å². The van der Waals surface area contributed by atoms with E-state index in [1.807, 2.05) is 61.5 Å². The molecule has 0 saturated heterocycles. The molecule has 0 fully saturated rings. The SMILES string of the molecule is Cc1ccc(C(=O)/C=C/c2ccc(OCc3ccc(Cl)cc3Cl)cc2)cc1. The number of carbonyl (C=O) groups is 1. The Hall–Kier alpha value is -2.55. The van der Waals surface area contributed by atoms with Gasteiger partial charge in [-0.2, -0.15) is 0 Å². The highest BCUT2D eigenvalue weighted by atomic mass is 35.5. The zero-order chi connectivity index (χ0) is 19.2. The summed E-state index contributed by atoms with van der Waals surface area (Å²) in [6.45, 7) is 2.35. The van der Waals surface area contributed by atoms with Crippen molar-refractivity contribution >= 4 is 35.1 Å². The lowest BCUT2D eigenvalue weighted by Gasteiger charge is -2.08. The second kappa shape index (κ2) is 8.90. The summed E-state index contributed by atoms with van der Waals surface area (Å²) in [5.74, 6) is 0.704. The first-order valence-electron chi connectivity index (χ1n) is 8.47. The van der Waals surface area contributed by atoms with Gasteiger partial charge in [0.15, 0.2) is 5.78 Å². The fourth-order valence-electron chi connectivity index (χ4n) is 2.46. The van der Waals surface area contributed by atoms with E-state index < -0.39 is 0 Å². The first-order valence-corrected chi connectivity index (χ1v) is 9.23. The number of ketones is 1. The second-order valence-electron chi connectivity index (χ2n) is 6.16. The molecule has 3 aromatic rings. The number of ether oxygens (including phenoxy) is 1. The number of halogens is 2. The number of allylic oxidation sites excluding steroid dienone is 1. The van der Waals surface area contributed by atoms with Crippen molar-refractivity contribution in [3.63, 3.8) is 0 Å². The highest BCUT2D eigenvalue weighted by molar-refractivity contribution is 6.35. The van der Waals surface area contributed by atoms with Gasteiger partial charge in [-0.25, -0.2) is 0 Å². The standard InChI is InChI=1S/C23H18Cl2O2/c1-16-2-7-18(8-3-16)23(26)13-6-17-4-11-21(12-5-17)27-15-19-9-10-20(24)14-22(19)25/h2-14H,15H2,1H3/b13-6+. The monoisotopic (exact) mass is 396 g/mol. The molecule has 0 saturated carbocycles. The number of hydrogen-bond acceptors (Lipinski definition) is 2. The Morgan fingerprint density at radius 2 is 1.67 bits per heavy atom. The molecule has 4 heteroatoms. The van der Waals surface area contributed by atoms with E-state index in [1.165, 1.54) is 0 Å². The molecule has 0 unspecified atom stereocenters. The lowest BCUT2D eigenvalue weighted by molar-refractivity contribution is 0.104. The summed E-state index contributed by atoms with van der Waals surface area (Å²) in [6, 6.07) is 20.4. The molecule has 0 amide bonds. The second-order valence-corrected chi connectivity index (χ2v) is 7.00. The van der Waals surface area contributed by atoms with Crippen LogP contribution in [0, 0.1) is 6.92 Å². The summed E-state index contributed by atoms with van der Waals surface area (Å²) in [6.07, 6.45) is 3.37. The molecule has 0 radical (unpaired) electrons. The molecule has 0 atom stereocenters. The molecule has 0 aliphatic heterocycles. The van der Waals surface area contributed by atoms with Crippen molar-refractivity contribution in [2.75, 3.05) is 0 Å². The summed E-state index contributed by atoms with van der Waals surface area (Å²) in [4.78, 5) is 12.2. The number of benzene rings is 3. The summed E-state index contributed by atoms with van der Waals surface area (Å²) >= 11 is 12.0. The molecular formula is C23H18Cl2O2. The Morgan fingerprint density at radius 1 is 0.963 bits per heavy atom. The lowest BCUT2D eigenvalue weighted by Crippen LogP contribution is -1.96. The van der Waals surface area contributed by atoms with E-state index in [1.54, 1.807) is 24.3 Å². The molecule has 0 aromatic heterocycles. The third-order valence-corrected chi connectivity index (χ3v) is 4.64. The number of aryl methyl sites for hydroxylation is 1. The quantitative estimate of drug-likeness (QED) is 0.339. The van der Waals surface area contributed by atoms with E-state index in [2.05, 4.69) is 0 Å². The third-order valence-electron chi connectivity index (χ3n) is 4.05. The molecule has 27 heavy (non-hydrogen) atoms. The zero-order valence-corrected chi connectivity index (χ0v) is 16.3. The van der Waals surface area contributed by atoms with Gasteiger partial charge in [0.1, 0.15) is 12.4 Å². The van der Waals surface area contributed by atoms with Crippen molar-refractivity contribution in [3.8, 4) is 5.75 Å². The van der Waals surface area contributed by atoms with E-state index in [0.717, 1.165) is 22.4 Å². The van der Waals surface area contributed by atoms with Gasteiger partial charge in [0.2, 0.25) is 0 Å². The van der Waals surface area contributed by atoms with E-state index in [9.17, 15) is 4.79 Å². The molecule has 3 aromatic carbocycles. The molecular weight excluding hydrogens is 379 g/mol. The summed E-state index contributed by atoms with van der Waals surface area (Å²) in [5, 5.41) is 1.18. The molecule has 0 bridgehead atoms. The minimum absolute atomic E-state index is 0.0206. The van der Waals surface area contributed by atoms with E-state index in [0.29, 0.717) is 22.2 Å². The molecule has 0 aliphatic carbocycles. The van der Waals surface area contributed by atoms with Gasteiger partial charge in [-0.15, -0.1) is 0 Å². The van der Waals surface area contributed by atoms with Crippen molar-refractivity contribution in [2.24, 2.45) is 0 Å². The fraction of sp³-hybridized carbons (Fsp3) is 0.0870. The molecule has 0 heterocycles. The lowest BCUT2D eigenvalue weighted by atomic mass is 10.1. The largest absolute Gasteiger partial charge is 0.489 e. The first-order chi connectivity index (χ1) is 13.0. The van der Waals surface area contributed by atoms with E-state index in [4.69, 9.17) is 27.9 Å².